The molecule has 0 spiro atoms. The van der Waals surface area contributed by atoms with Crippen molar-refractivity contribution in [3.8, 4) is 5.82 Å². The fourth-order valence-electron chi connectivity index (χ4n) is 2.72. The van der Waals surface area contributed by atoms with Gasteiger partial charge in [-0.1, -0.05) is 11.3 Å². The number of carbonyl (C=O) groups excluding carboxylic acids is 1. The van der Waals surface area contributed by atoms with E-state index >= 15 is 0 Å². The third-order valence-corrected chi connectivity index (χ3v) is 4.01. The second-order valence-electron chi connectivity index (χ2n) is 5.81. The number of alkyl halides is 1. The Balaban J connectivity index is 1.43. The normalized spacial score (nSPS) is 17.2. The molecule has 0 bridgehead atoms. The Labute approximate surface area is 142 Å². The van der Waals surface area contributed by atoms with Gasteiger partial charge in [0, 0.05) is 12.7 Å². The molecule has 128 valence electrons. The zero-order chi connectivity index (χ0) is 17.2. The van der Waals surface area contributed by atoms with Crippen molar-refractivity contribution in [1.29, 1.82) is 0 Å². The molecule has 4 rings (SSSR count). The Morgan fingerprint density at radius 1 is 1.40 bits per heavy atom. The van der Waals surface area contributed by atoms with Crippen LogP contribution in [0.1, 0.15) is 28.4 Å². The van der Waals surface area contributed by atoms with E-state index in [2.05, 4.69) is 20.3 Å². The number of nitrogens with zero attached hydrogens (tertiary/aromatic N) is 6. The third-order valence-electron chi connectivity index (χ3n) is 4.01. The van der Waals surface area contributed by atoms with Crippen LogP contribution >= 0.6 is 0 Å². The van der Waals surface area contributed by atoms with Crippen LogP contribution < -0.4 is 0 Å². The summed E-state index contributed by atoms with van der Waals surface area (Å²) in [7, 11) is 0. The minimum atomic E-state index is -0.954. The molecule has 9 heteroatoms. The zero-order valence-electron chi connectivity index (χ0n) is 13.2. The highest BCUT2D eigenvalue weighted by Crippen LogP contribution is 2.17. The van der Waals surface area contributed by atoms with Gasteiger partial charge in [0.2, 0.25) is 0 Å². The molecule has 25 heavy (non-hydrogen) atoms. The van der Waals surface area contributed by atoms with Gasteiger partial charge in [0.05, 0.1) is 25.4 Å². The van der Waals surface area contributed by atoms with Gasteiger partial charge in [-0.05, 0) is 18.1 Å². The Bertz CT molecular complexity index is 861. The second kappa shape index (κ2) is 6.42. The molecule has 1 unspecified atom stereocenters. The summed E-state index contributed by atoms with van der Waals surface area (Å²) >= 11 is 0. The molecule has 0 saturated carbocycles. The highest BCUT2D eigenvalue weighted by atomic mass is 19.1. The van der Waals surface area contributed by atoms with E-state index < -0.39 is 6.17 Å². The quantitative estimate of drug-likeness (QED) is 0.712. The van der Waals surface area contributed by atoms with E-state index in [4.69, 9.17) is 4.42 Å². The van der Waals surface area contributed by atoms with Gasteiger partial charge in [-0.15, -0.1) is 5.10 Å². The summed E-state index contributed by atoms with van der Waals surface area (Å²) in [4.78, 5) is 22.2. The first-order valence-electron chi connectivity index (χ1n) is 7.88. The van der Waals surface area contributed by atoms with Crippen molar-refractivity contribution in [3.63, 3.8) is 0 Å². The summed E-state index contributed by atoms with van der Waals surface area (Å²) < 4.78 is 20.1. The Kier molecular flexibility index (Phi) is 3.96. The van der Waals surface area contributed by atoms with Gasteiger partial charge in [-0.2, -0.15) is 0 Å². The third kappa shape index (κ3) is 3.25. The number of oxazole rings is 1. The van der Waals surface area contributed by atoms with Crippen molar-refractivity contribution in [1.82, 2.24) is 29.9 Å². The lowest BCUT2D eigenvalue weighted by Gasteiger charge is -2.12. The molecule has 0 N–H and O–H groups in total. The molecule has 0 aliphatic carbocycles. The smallest absolute Gasteiger partial charge is 0.275 e. The number of hydrogen-bond donors (Lipinski definition) is 0. The highest BCUT2D eigenvalue weighted by molar-refractivity contribution is 5.92. The molecule has 1 aliphatic heterocycles. The second-order valence-corrected chi connectivity index (χ2v) is 5.81. The van der Waals surface area contributed by atoms with Gasteiger partial charge in [0.25, 0.3) is 5.91 Å². The summed E-state index contributed by atoms with van der Waals surface area (Å²) in [5.41, 5.74) is 1.09. The predicted molar refractivity (Wildman–Crippen MR) is 83.9 cm³/mol. The van der Waals surface area contributed by atoms with Crippen molar-refractivity contribution in [3.05, 3.63) is 54.1 Å². The van der Waals surface area contributed by atoms with E-state index in [1.807, 2.05) is 12.1 Å². The molecule has 1 saturated heterocycles. The van der Waals surface area contributed by atoms with Gasteiger partial charge in [0.15, 0.2) is 17.4 Å². The van der Waals surface area contributed by atoms with Crippen LogP contribution in [0.15, 0.2) is 41.4 Å². The van der Waals surface area contributed by atoms with Crippen molar-refractivity contribution < 1.29 is 13.6 Å². The molecule has 0 radical (unpaired) electrons. The van der Waals surface area contributed by atoms with E-state index in [0.717, 1.165) is 5.56 Å². The van der Waals surface area contributed by atoms with Crippen LogP contribution in [0.5, 0.6) is 0 Å². The molecular weight excluding hydrogens is 327 g/mol. The number of carbonyl (C=O) groups is 1. The van der Waals surface area contributed by atoms with E-state index in [-0.39, 0.29) is 18.1 Å². The van der Waals surface area contributed by atoms with E-state index in [1.54, 1.807) is 23.3 Å². The average molecular weight is 342 g/mol. The predicted octanol–water partition coefficient (Wildman–Crippen LogP) is 1.43. The van der Waals surface area contributed by atoms with Crippen LogP contribution in [0.2, 0.25) is 0 Å². The first kappa shape index (κ1) is 15.4. The number of amides is 1. The maximum atomic E-state index is 13.2. The summed E-state index contributed by atoms with van der Waals surface area (Å²) in [5, 5.41) is 7.60. The maximum Gasteiger partial charge on any atom is 0.275 e. The van der Waals surface area contributed by atoms with Crippen LogP contribution in [-0.2, 0) is 6.42 Å². The molecule has 4 heterocycles. The Morgan fingerprint density at radius 3 is 3.00 bits per heavy atom. The summed E-state index contributed by atoms with van der Waals surface area (Å²) in [6.07, 6.45) is 6.12. The average Bonchev–Trinajstić information content (AvgIpc) is 3.36. The van der Waals surface area contributed by atoms with Gasteiger partial charge in [0.1, 0.15) is 12.4 Å². The Hall–Kier alpha value is -3.10. The van der Waals surface area contributed by atoms with Crippen LogP contribution in [-0.4, -0.2) is 55.0 Å². The molecule has 1 fully saturated rings. The van der Waals surface area contributed by atoms with Crippen LogP contribution in [0.3, 0.4) is 0 Å². The summed E-state index contributed by atoms with van der Waals surface area (Å²) in [6, 6.07) is 3.69. The molecular formula is C16H15FN6O2. The van der Waals surface area contributed by atoms with Gasteiger partial charge >= 0.3 is 0 Å². The van der Waals surface area contributed by atoms with Crippen molar-refractivity contribution in [2.24, 2.45) is 0 Å². The number of pyridine rings is 1. The van der Waals surface area contributed by atoms with E-state index in [0.29, 0.717) is 31.1 Å². The number of likely N-dealkylation sites (tertiary alicyclic amines) is 1. The van der Waals surface area contributed by atoms with Crippen LogP contribution in [0.4, 0.5) is 4.39 Å². The molecule has 3 aromatic rings. The number of rotatable bonds is 4. The first-order chi connectivity index (χ1) is 12.2. The maximum absolute atomic E-state index is 13.2. The largest absolute Gasteiger partial charge is 0.448 e. The summed E-state index contributed by atoms with van der Waals surface area (Å²) in [6.45, 7) is 0.532. The molecule has 1 amide bonds. The molecule has 1 aliphatic rings. The monoisotopic (exact) mass is 342 g/mol. The SMILES string of the molecule is O=C(c1coc(Cc2ccc(-n3ccnn3)nc2)n1)N1CCC(F)C1. The van der Waals surface area contributed by atoms with Crippen molar-refractivity contribution >= 4 is 5.91 Å². The van der Waals surface area contributed by atoms with Gasteiger partial charge < -0.3 is 9.32 Å². The molecule has 8 nitrogen and oxygen atoms in total. The van der Waals surface area contributed by atoms with Crippen molar-refractivity contribution in [2.45, 2.75) is 19.0 Å². The zero-order valence-corrected chi connectivity index (χ0v) is 13.2. The lowest BCUT2D eigenvalue weighted by atomic mass is 10.2. The van der Waals surface area contributed by atoms with Gasteiger partial charge in [-0.3, -0.25) is 4.79 Å². The number of aromatic nitrogens is 5. The fourth-order valence-corrected chi connectivity index (χ4v) is 2.72. The lowest BCUT2D eigenvalue weighted by Crippen LogP contribution is -2.29. The van der Waals surface area contributed by atoms with Crippen molar-refractivity contribution in [2.75, 3.05) is 13.1 Å². The first-order valence-corrected chi connectivity index (χ1v) is 7.88. The van der Waals surface area contributed by atoms with Gasteiger partial charge in [-0.25, -0.2) is 19.0 Å². The van der Waals surface area contributed by atoms with Crippen LogP contribution in [0, 0.1) is 0 Å². The molecule has 3 aromatic heterocycles. The lowest BCUT2D eigenvalue weighted by molar-refractivity contribution is 0.0777. The number of halogens is 1. The molecule has 0 aromatic carbocycles. The highest BCUT2D eigenvalue weighted by Gasteiger charge is 2.28. The summed E-state index contributed by atoms with van der Waals surface area (Å²) in [5.74, 6) is 0.767. The Morgan fingerprint density at radius 2 is 2.32 bits per heavy atom. The van der Waals surface area contributed by atoms with E-state index in [9.17, 15) is 9.18 Å². The minimum absolute atomic E-state index is 0.120. The standard InChI is InChI=1S/C16H15FN6O2/c17-12-3-5-22(9-12)16(24)13-10-25-15(20-13)7-11-1-2-14(18-8-11)23-6-4-19-21-23/h1-2,4,6,8,10,12H,3,5,7,9H2. The number of hydrogen-bond acceptors (Lipinski definition) is 6. The van der Waals surface area contributed by atoms with Crippen LogP contribution in [0.25, 0.3) is 5.82 Å². The van der Waals surface area contributed by atoms with E-state index in [1.165, 1.54) is 11.2 Å². The minimum Gasteiger partial charge on any atom is -0.448 e. The topological polar surface area (TPSA) is 89.9 Å². The fraction of sp³-hybridized carbons (Fsp3) is 0.312. The molecule has 1 atom stereocenters.